The maximum absolute atomic E-state index is 12.9. The predicted molar refractivity (Wildman–Crippen MR) is 126 cm³/mol. The van der Waals surface area contributed by atoms with Crippen LogP contribution in [0.3, 0.4) is 0 Å². The van der Waals surface area contributed by atoms with Gasteiger partial charge in [-0.25, -0.2) is 0 Å². The van der Waals surface area contributed by atoms with E-state index >= 15 is 0 Å². The van der Waals surface area contributed by atoms with E-state index in [4.69, 9.17) is 11.8 Å². The summed E-state index contributed by atoms with van der Waals surface area (Å²) in [7, 11) is 1.62. The van der Waals surface area contributed by atoms with Crippen molar-refractivity contribution in [2.45, 2.75) is 25.9 Å². The molecule has 0 spiro atoms. The highest BCUT2D eigenvalue weighted by molar-refractivity contribution is 5.92. The molecule has 0 bridgehead atoms. The lowest BCUT2D eigenvalue weighted by atomic mass is 10.0. The number of pyridine rings is 2. The van der Waals surface area contributed by atoms with Gasteiger partial charge < -0.3 is 14.3 Å². The molecule has 33 heavy (non-hydrogen) atoms. The minimum absolute atomic E-state index is 0.0559. The first-order valence-corrected chi connectivity index (χ1v) is 10.7. The first kappa shape index (κ1) is 22.0. The lowest BCUT2D eigenvalue weighted by Gasteiger charge is -2.44. The molecule has 1 aliphatic rings. The van der Waals surface area contributed by atoms with Crippen molar-refractivity contribution < 1.29 is 0 Å². The van der Waals surface area contributed by atoms with E-state index < -0.39 is 0 Å². The van der Waals surface area contributed by atoms with Gasteiger partial charge in [-0.3, -0.25) is 9.69 Å². The van der Waals surface area contributed by atoms with Crippen molar-refractivity contribution in [3.63, 3.8) is 0 Å². The van der Waals surface area contributed by atoms with Crippen LogP contribution >= 0.6 is 0 Å². The standard InChI is InChI=1S/C25H23N7O/c1-16-15-31(11-12-32(16)17(2)19-7-5-18(13-26)6-8-19)24-20(14-27)25(33)30(4)21-9-10-22(28-3)29-23(21)24/h5-10,16-17H,11-12,15H2,1-2,4H3/t16-,17?/m1/s1. The SMILES string of the molecule is [C-]#[N+]c1ccc2c(n1)c(N1CCN(C(C)c3ccc(C#N)cc3)[C@H](C)C1)c(C#N)c(=O)n2C. The number of rotatable bonds is 3. The average molecular weight is 438 g/mol. The third-order valence-corrected chi connectivity index (χ3v) is 6.44. The Kier molecular flexibility index (Phi) is 5.84. The van der Waals surface area contributed by atoms with Crippen molar-refractivity contribution in [1.29, 1.82) is 10.5 Å². The third-order valence-electron chi connectivity index (χ3n) is 6.44. The van der Waals surface area contributed by atoms with Gasteiger partial charge in [-0.15, -0.1) is 4.98 Å². The molecule has 0 radical (unpaired) electrons. The molecular formula is C25H23N7O. The molecule has 0 amide bonds. The van der Waals surface area contributed by atoms with Crippen LogP contribution in [0.2, 0.25) is 0 Å². The van der Waals surface area contributed by atoms with Crippen LogP contribution in [0.4, 0.5) is 11.5 Å². The number of nitrogens with zero attached hydrogens (tertiary/aromatic N) is 7. The van der Waals surface area contributed by atoms with Crippen LogP contribution in [0, 0.1) is 29.2 Å². The van der Waals surface area contributed by atoms with Gasteiger partial charge in [0.1, 0.15) is 17.3 Å². The first-order chi connectivity index (χ1) is 15.9. The Labute approximate surface area is 192 Å². The van der Waals surface area contributed by atoms with Gasteiger partial charge in [0.25, 0.3) is 11.4 Å². The van der Waals surface area contributed by atoms with Crippen LogP contribution < -0.4 is 10.5 Å². The fourth-order valence-corrected chi connectivity index (χ4v) is 4.63. The van der Waals surface area contributed by atoms with Crippen LogP contribution in [-0.4, -0.2) is 40.1 Å². The van der Waals surface area contributed by atoms with Crippen LogP contribution in [0.5, 0.6) is 0 Å². The molecule has 4 rings (SSSR count). The summed E-state index contributed by atoms with van der Waals surface area (Å²) in [6, 6.07) is 15.5. The molecule has 1 unspecified atom stereocenters. The van der Waals surface area contributed by atoms with Crippen LogP contribution in [-0.2, 0) is 7.05 Å². The second kappa shape index (κ2) is 8.74. The smallest absolute Gasteiger partial charge is 0.271 e. The number of piperazine rings is 1. The van der Waals surface area contributed by atoms with Crippen LogP contribution in [0.1, 0.15) is 36.6 Å². The Balaban J connectivity index is 1.70. The van der Waals surface area contributed by atoms with Gasteiger partial charge in [0.2, 0.25) is 5.52 Å². The molecule has 1 fully saturated rings. The summed E-state index contributed by atoms with van der Waals surface area (Å²) in [5, 5.41) is 18.9. The average Bonchev–Trinajstić information content (AvgIpc) is 2.85. The zero-order chi connectivity index (χ0) is 23.7. The van der Waals surface area contributed by atoms with Crippen molar-refractivity contribution in [2.75, 3.05) is 24.5 Å². The maximum atomic E-state index is 12.9. The molecule has 3 aromatic rings. The van der Waals surface area contributed by atoms with Crippen molar-refractivity contribution >= 4 is 22.5 Å². The Morgan fingerprint density at radius 3 is 2.48 bits per heavy atom. The Morgan fingerprint density at radius 2 is 1.88 bits per heavy atom. The number of nitriles is 2. The van der Waals surface area contributed by atoms with E-state index in [1.807, 2.05) is 24.3 Å². The number of aromatic nitrogens is 2. The topological polar surface area (TPSA) is 93.3 Å². The van der Waals surface area contributed by atoms with Crippen molar-refractivity contribution in [1.82, 2.24) is 14.5 Å². The van der Waals surface area contributed by atoms with Gasteiger partial charge in [0.05, 0.1) is 17.1 Å². The highest BCUT2D eigenvalue weighted by atomic mass is 16.1. The summed E-state index contributed by atoms with van der Waals surface area (Å²) in [6.07, 6.45) is 0. The number of aryl methyl sites for hydroxylation is 1. The summed E-state index contributed by atoms with van der Waals surface area (Å²) in [6.45, 7) is 13.6. The minimum Gasteiger partial charge on any atom is -0.364 e. The Bertz CT molecular complexity index is 1400. The van der Waals surface area contributed by atoms with Crippen molar-refractivity contribution in [3.05, 3.63) is 74.9 Å². The molecule has 2 aromatic heterocycles. The molecule has 1 saturated heterocycles. The predicted octanol–water partition coefficient (Wildman–Crippen LogP) is 3.50. The van der Waals surface area contributed by atoms with Gasteiger partial charge in [0.15, 0.2) is 0 Å². The van der Waals surface area contributed by atoms with E-state index in [-0.39, 0.29) is 29.0 Å². The summed E-state index contributed by atoms with van der Waals surface area (Å²) >= 11 is 0. The Hall–Kier alpha value is -4.19. The van der Waals surface area contributed by atoms with Crippen LogP contribution in [0.15, 0.2) is 41.2 Å². The van der Waals surface area contributed by atoms with Crippen molar-refractivity contribution in [3.8, 4) is 12.1 Å². The number of anilines is 1. The normalized spacial score (nSPS) is 17.2. The summed E-state index contributed by atoms with van der Waals surface area (Å²) < 4.78 is 1.42. The number of hydrogen-bond acceptors (Lipinski definition) is 6. The maximum Gasteiger partial charge on any atom is 0.271 e. The van der Waals surface area contributed by atoms with Gasteiger partial charge in [-0.1, -0.05) is 18.7 Å². The lowest BCUT2D eigenvalue weighted by molar-refractivity contribution is 0.138. The van der Waals surface area contributed by atoms with Gasteiger partial charge in [-0.2, -0.15) is 10.5 Å². The highest BCUT2D eigenvalue weighted by Gasteiger charge is 2.32. The van der Waals surface area contributed by atoms with Gasteiger partial charge in [0, 0.05) is 38.8 Å². The fraction of sp³-hybridized carbons (Fsp3) is 0.320. The number of benzene rings is 1. The van der Waals surface area contributed by atoms with E-state index in [0.717, 1.165) is 12.1 Å². The second-order valence-electron chi connectivity index (χ2n) is 8.29. The first-order valence-electron chi connectivity index (χ1n) is 10.7. The zero-order valence-electron chi connectivity index (χ0n) is 18.8. The molecule has 3 heterocycles. The highest BCUT2D eigenvalue weighted by Crippen LogP contribution is 2.32. The summed E-state index contributed by atoms with van der Waals surface area (Å²) in [5.74, 6) is 0.229. The number of hydrogen-bond donors (Lipinski definition) is 0. The molecule has 164 valence electrons. The minimum atomic E-state index is -0.363. The molecule has 0 N–H and O–H groups in total. The molecule has 1 aromatic carbocycles. The Morgan fingerprint density at radius 1 is 1.15 bits per heavy atom. The van der Waals surface area contributed by atoms with E-state index in [1.54, 1.807) is 19.2 Å². The third kappa shape index (κ3) is 3.80. The van der Waals surface area contributed by atoms with Crippen LogP contribution in [0.25, 0.3) is 15.9 Å². The molecule has 0 aliphatic carbocycles. The summed E-state index contributed by atoms with van der Waals surface area (Å²) in [5.41, 5.74) is 3.08. The van der Waals surface area contributed by atoms with E-state index in [9.17, 15) is 10.1 Å². The molecule has 8 nitrogen and oxygen atoms in total. The molecule has 0 saturated carbocycles. The van der Waals surface area contributed by atoms with E-state index in [1.165, 1.54) is 4.57 Å². The van der Waals surface area contributed by atoms with E-state index in [0.29, 0.717) is 35.4 Å². The lowest BCUT2D eigenvalue weighted by Crippen LogP contribution is -2.53. The monoisotopic (exact) mass is 437 g/mol. The zero-order valence-corrected chi connectivity index (χ0v) is 18.8. The quantitative estimate of drug-likeness (QED) is 0.582. The number of fused-ring (bicyclic) bond motifs is 1. The molecular weight excluding hydrogens is 414 g/mol. The van der Waals surface area contributed by atoms with Crippen molar-refractivity contribution in [2.24, 2.45) is 7.05 Å². The summed E-state index contributed by atoms with van der Waals surface area (Å²) in [4.78, 5) is 25.3. The fourth-order valence-electron chi connectivity index (χ4n) is 4.63. The second-order valence-corrected chi connectivity index (χ2v) is 8.29. The molecule has 2 atom stereocenters. The van der Waals surface area contributed by atoms with E-state index in [2.05, 4.69) is 45.6 Å². The van der Waals surface area contributed by atoms with Gasteiger partial charge >= 0.3 is 0 Å². The molecule has 8 heteroatoms. The largest absolute Gasteiger partial charge is 0.364 e. The molecule has 1 aliphatic heterocycles. The van der Waals surface area contributed by atoms with Gasteiger partial charge in [-0.05, 0) is 43.7 Å².